The molecule has 2 heteroatoms. The first-order valence-corrected chi connectivity index (χ1v) is 4.22. The van der Waals surface area contributed by atoms with E-state index in [1.807, 2.05) is 6.07 Å². The summed E-state index contributed by atoms with van der Waals surface area (Å²) in [6, 6.07) is 6.10. The minimum absolute atomic E-state index is 0.959. The number of hydrogen-bond acceptors (Lipinski definition) is 2. The Kier molecular flexibility index (Phi) is 3.26. The third-order valence-electron chi connectivity index (χ3n) is 1.91. The van der Waals surface area contributed by atoms with Crippen LogP contribution in [0.3, 0.4) is 0 Å². The molecule has 0 radical (unpaired) electrons. The van der Waals surface area contributed by atoms with Crippen molar-refractivity contribution >= 4 is 11.9 Å². The fraction of sp³-hybridized carbons (Fsp3) is 0.182. The second kappa shape index (κ2) is 4.45. The maximum absolute atomic E-state index is 5.17. The molecule has 0 aliphatic rings. The summed E-state index contributed by atoms with van der Waals surface area (Å²) in [6.45, 7) is 4.16. The molecule has 0 saturated heterocycles. The van der Waals surface area contributed by atoms with Crippen LogP contribution in [0.4, 0.5) is 5.69 Å². The van der Waals surface area contributed by atoms with Gasteiger partial charge in [-0.1, -0.05) is 6.07 Å². The quantitative estimate of drug-likeness (QED) is 0.687. The van der Waals surface area contributed by atoms with E-state index in [-0.39, 0.29) is 0 Å². The van der Waals surface area contributed by atoms with Gasteiger partial charge in [0.25, 0.3) is 0 Å². The van der Waals surface area contributed by atoms with Crippen molar-refractivity contribution in [3.05, 3.63) is 41.6 Å². The van der Waals surface area contributed by atoms with Gasteiger partial charge in [0, 0.05) is 6.21 Å². The van der Waals surface area contributed by atoms with Crippen LogP contribution in [-0.2, 0) is 0 Å². The first kappa shape index (κ1) is 9.52. The van der Waals surface area contributed by atoms with Gasteiger partial charge in [-0.2, -0.15) is 0 Å². The first-order chi connectivity index (χ1) is 6.24. The van der Waals surface area contributed by atoms with E-state index in [1.165, 1.54) is 17.3 Å². The van der Waals surface area contributed by atoms with Gasteiger partial charge < -0.3 is 5.73 Å². The van der Waals surface area contributed by atoms with E-state index in [1.54, 1.807) is 12.3 Å². The van der Waals surface area contributed by atoms with Crippen LogP contribution in [0.1, 0.15) is 11.1 Å². The number of aryl methyl sites for hydroxylation is 2. The number of aliphatic imine (C=N–C) groups is 1. The summed E-state index contributed by atoms with van der Waals surface area (Å²) in [5.41, 5.74) is 8.68. The zero-order valence-electron chi connectivity index (χ0n) is 7.99. The molecule has 0 unspecified atom stereocenters. The van der Waals surface area contributed by atoms with Crippen LogP contribution in [0.2, 0.25) is 0 Å². The third-order valence-corrected chi connectivity index (χ3v) is 1.91. The van der Waals surface area contributed by atoms with Gasteiger partial charge in [0.2, 0.25) is 0 Å². The van der Waals surface area contributed by atoms with Gasteiger partial charge in [-0.15, -0.1) is 0 Å². The molecule has 13 heavy (non-hydrogen) atoms. The Bertz CT molecular complexity index is 338. The largest absolute Gasteiger partial charge is 0.405 e. The van der Waals surface area contributed by atoms with E-state index in [0.29, 0.717) is 0 Å². The molecule has 0 aliphatic carbocycles. The third kappa shape index (κ3) is 2.75. The van der Waals surface area contributed by atoms with Crippen LogP contribution in [0.15, 0.2) is 35.5 Å². The zero-order chi connectivity index (χ0) is 9.68. The molecular formula is C11H14N2. The van der Waals surface area contributed by atoms with E-state index in [9.17, 15) is 0 Å². The molecule has 1 aromatic carbocycles. The highest BCUT2D eigenvalue weighted by Crippen LogP contribution is 2.16. The average molecular weight is 174 g/mol. The molecule has 0 fully saturated rings. The van der Waals surface area contributed by atoms with Crippen molar-refractivity contribution in [1.82, 2.24) is 0 Å². The standard InChI is InChI=1S/C11H14N2/c1-9-4-5-11(8-10(9)2)13-7-3-6-12/h3-8H,12H2,1-2H3. The first-order valence-electron chi connectivity index (χ1n) is 4.22. The summed E-state index contributed by atoms with van der Waals surface area (Å²) in [5.74, 6) is 0. The van der Waals surface area contributed by atoms with E-state index >= 15 is 0 Å². The summed E-state index contributed by atoms with van der Waals surface area (Å²) >= 11 is 0. The van der Waals surface area contributed by atoms with Crippen LogP contribution in [0.25, 0.3) is 0 Å². The predicted molar refractivity (Wildman–Crippen MR) is 57.4 cm³/mol. The van der Waals surface area contributed by atoms with Crippen LogP contribution < -0.4 is 5.73 Å². The lowest BCUT2D eigenvalue weighted by Crippen LogP contribution is -1.79. The molecule has 0 heterocycles. The Labute approximate surface area is 78.8 Å². The maximum Gasteiger partial charge on any atom is 0.0632 e. The minimum Gasteiger partial charge on any atom is -0.405 e. The molecule has 68 valence electrons. The van der Waals surface area contributed by atoms with Gasteiger partial charge >= 0.3 is 0 Å². The Balaban J connectivity index is 2.85. The molecule has 0 bridgehead atoms. The minimum atomic E-state index is 0.959. The molecule has 0 aromatic heterocycles. The smallest absolute Gasteiger partial charge is 0.0632 e. The van der Waals surface area contributed by atoms with Crippen molar-refractivity contribution in [3.63, 3.8) is 0 Å². The summed E-state index contributed by atoms with van der Waals surface area (Å²) in [7, 11) is 0. The second-order valence-electron chi connectivity index (χ2n) is 2.93. The molecule has 1 rings (SSSR count). The summed E-state index contributed by atoms with van der Waals surface area (Å²) in [4.78, 5) is 4.21. The number of rotatable bonds is 2. The second-order valence-corrected chi connectivity index (χ2v) is 2.93. The highest BCUT2D eigenvalue weighted by Gasteiger charge is 1.92. The number of nitrogens with two attached hydrogens (primary N) is 1. The summed E-state index contributed by atoms with van der Waals surface area (Å²) in [5, 5.41) is 0. The molecule has 0 spiro atoms. The lowest BCUT2D eigenvalue weighted by Gasteiger charge is -1.99. The van der Waals surface area contributed by atoms with E-state index in [2.05, 4.69) is 31.0 Å². The molecule has 0 amide bonds. The lowest BCUT2D eigenvalue weighted by atomic mass is 10.1. The Hall–Kier alpha value is -1.57. The molecule has 0 atom stereocenters. The summed E-state index contributed by atoms with van der Waals surface area (Å²) in [6.07, 6.45) is 4.85. The highest BCUT2D eigenvalue weighted by atomic mass is 14.7. The summed E-state index contributed by atoms with van der Waals surface area (Å²) < 4.78 is 0. The van der Waals surface area contributed by atoms with Crippen LogP contribution in [0, 0.1) is 13.8 Å². The van der Waals surface area contributed by atoms with Crippen molar-refractivity contribution in [3.8, 4) is 0 Å². The average Bonchev–Trinajstić information content (AvgIpc) is 2.12. The van der Waals surface area contributed by atoms with E-state index < -0.39 is 0 Å². The van der Waals surface area contributed by atoms with E-state index in [0.717, 1.165) is 5.69 Å². The van der Waals surface area contributed by atoms with Crippen molar-refractivity contribution in [2.45, 2.75) is 13.8 Å². The number of hydrogen-bond donors (Lipinski definition) is 1. The number of benzene rings is 1. The molecule has 2 N–H and O–H groups in total. The Morgan fingerprint density at radius 2 is 2.00 bits per heavy atom. The van der Waals surface area contributed by atoms with Crippen molar-refractivity contribution in [1.29, 1.82) is 0 Å². The van der Waals surface area contributed by atoms with Gasteiger partial charge in [-0.25, -0.2) is 0 Å². The van der Waals surface area contributed by atoms with Crippen LogP contribution in [0.5, 0.6) is 0 Å². The van der Waals surface area contributed by atoms with Gasteiger partial charge in [-0.3, -0.25) is 4.99 Å². The van der Waals surface area contributed by atoms with Crippen molar-refractivity contribution < 1.29 is 0 Å². The van der Waals surface area contributed by atoms with Gasteiger partial charge in [0.1, 0.15) is 0 Å². The fourth-order valence-corrected chi connectivity index (χ4v) is 0.985. The van der Waals surface area contributed by atoms with Gasteiger partial charge in [0.15, 0.2) is 0 Å². The maximum atomic E-state index is 5.17. The van der Waals surface area contributed by atoms with Crippen LogP contribution in [-0.4, -0.2) is 6.21 Å². The van der Waals surface area contributed by atoms with Gasteiger partial charge in [-0.05, 0) is 49.4 Å². The van der Waals surface area contributed by atoms with Crippen LogP contribution >= 0.6 is 0 Å². The number of nitrogens with zero attached hydrogens (tertiary/aromatic N) is 1. The molecule has 1 aromatic rings. The molecule has 2 nitrogen and oxygen atoms in total. The lowest BCUT2D eigenvalue weighted by molar-refractivity contribution is 1.33. The molecule has 0 saturated carbocycles. The fourth-order valence-electron chi connectivity index (χ4n) is 0.985. The normalized spacial score (nSPS) is 11.5. The highest BCUT2D eigenvalue weighted by molar-refractivity contribution is 5.74. The Morgan fingerprint density at radius 1 is 1.23 bits per heavy atom. The SMILES string of the molecule is Cc1ccc(N=CC=CN)cc1C. The van der Waals surface area contributed by atoms with E-state index in [4.69, 9.17) is 5.73 Å². The monoisotopic (exact) mass is 174 g/mol. The predicted octanol–water partition coefficient (Wildman–Crippen LogP) is 2.48. The zero-order valence-corrected chi connectivity index (χ0v) is 7.99. The molecular weight excluding hydrogens is 160 g/mol. The number of allylic oxidation sites excluding steroid dienone is 1. The van der Waals surface area contributed by atoms with Gasteiger partial charge in [0.05, 0.1) is 5.69 Å². The molecule has 0 aliphatic heterocycles. The Morgan fingerprint density at radius 3 is 2.62 bits per heavy atom. The van der Waals surface area contributed by atoms with Crippen molar-refractivity contribution in [2.24, 2.45) is 10.7 Å². The van der Waals surface area contributed by atoms with Crippen molar-refractivity contribution in [2.75, 3.05) is 0 Å². The topological polar surface area (TPSA) is 38.4 Å².